The van der Waals surface area contributed by atoms with Crippen LogP contribution in [-0.4, -0.2) is 125 Å². The normalized spacial score (nSPS) is 14.9. The van der Waals surface area contributed by atoms with Crippen molar-refractivity contribution in [3.63, 3.8) is 0 Å². The van der Waals surface area contributed by atoms with Crippen LogP contribution >= 0.6 is 0 Å². The predicted molar refractivity (Wildman–Crippen MR) is 168 cm³/mol. The molecule has 0 spiro atoms. The number of fused-ring (bicyclic) bond motifs is 1. The van der Waals surface area contributed by atoms with Crippen LogP contribution in [0.4, 0.5) is 52.7 Å². The van der Waals surface area contributed by atoms with Gasteiger partial charge in [-0.2, -0.15) is 52.7 Å². The molecule has 5 rings (SSSR count). The van der Waals surface area contributed by atoms with Crippen LogP contribution in [0.3, 0.4) is 0 Å². The second kappa shape index (κ2) is 20.7. The van der Waals surface area contributed by atoms with Crippen LogP contribution in [0.1, 0.15) is 17.4 Å². The van der Waals surface area contributed by atoms with Crippen molar-refractivity contribution in [1.29, 1.82) is 0 Å². The van der Waals surface area contributed by atoms with Gasteiger partial charge in [-0.3, -0.25) is 24.2 Å². The van der Waals surface area contributed by atoms with Crippen molar-refractivity contribution in [2.45, 2.75) is 37.3 Å². The Balaban J connectivity index is 0.000000473. The van der Waals surface area contributed by atoms with Crippen molar-refractivity contribution in [2.75, 3.05) is 26.7 Å². The highest BCUT2D eigenvalue weighted by molar-refractivity contribution is 5.74. The van der Waals surface area contributed by atoms with Crippen LogP contribution in [-0.2, 0) is 25.7 Å². The molecule has 0 saturated carbocycles. The first-order valence-corrected chi connectivity index (χ1v) is 15.0. The minimum absolute atomic E-state index is 0.262. The Morgan fingerprint density at radius 2 is 1.14 bits per heavy atom. The third-order valence-corrected chi connectivity index (χ3v) is 6.64. The molecule has 4 aromatic heterocycles. The van der Waals surface area contributed by atoms with E-state index >= 15 is 0 Å². The van der Waals surface area contributed by atoms with Gasteiger partial charge in [0.15, 0.2) is 0 Å². The van der Waals surface area contributed by atoms with Gasteiger partial charge in [-0.05, 0) is 43.4 Å². The summed E-state index contributed by atoms with van der Waals surface area (Å²) in [7, 11) is 2.19. The van der Waals surface area contributed by atoms with Crippen molar-refractivity contribution in [3.8, 4) is 11.3 Å². The van der Waals surface area contributed by atoms with Crippen molar-refractivity contribution >= 4 is 29.5 Å². The molecule has 4 N–H and O–H groups in total. The third kappa shape index (κ3) is 17.5. The van der Waals surface area contributed by atoms with Gasteiger partial charge in [0.2, 0.25) is 0 Å². The minimum atomic E-state index is -5.08. The molecule has 4 aromatic rings. The van der Waals surface area contributed by atoms with Gasteiger partial charge in [0, 0.05) is 56.5 Å². The molecule has 314 valence electrons. The highest BCUT2D eigenvalue weighted by Gasteiger charge is 2.40. The number of nitrogens with zero attached hydrogens (tertiary/aromatic N) is 6. The SMILES string of the molecule is CN1CCN(Cc2ccccn2)CC1c1cn2c(-c3ccncc3)cccc2n1.O=C(O)C(F)(F)F.O=C(O)C(F)(F)F.O=C(O)C(F)(F)F.O=C(O)C(F)(F)F. The molecule has 0 bridgehead atoms. The molecular weight excluding hydrogens is 812 g/mol. The summed E-state index contributed by atoms with van der Waals surface area (Å²) in [4.78, 5) is 54.1. The van der Waals surface area contributed by atoms with Gasteiger partial charge in [-0.1, -0.05) is 12.1 Å². The Morgan fingerprint density at radius 3 is 1.56 bits per heavy atom. The maximum atomic E-state index is 10.6. The molecule has 1 atom stereocenters. The van der Waals surface area contributed by atoms with E-state index in [-0.39, 0.29) is 6.04 Å². The first-order chi connectivity index (χ1) is 26.0. The van der Waals surface area contributed by atoms with Gasteiger partial charge in [0.1, 0.15) is 5.65 Å². The summed E-state index contributed by atoms with van der Waals surface area (Å²) in [5.41, 5.74) is 5.48. The summed E-state index contributed by atoms with van der Waals surface area (Å²) in [5, 5.41) is 28.5. The Kier molecular flexibility index (Phi) is 17.8. The smallest absolute Gasteiger partial charge is 0.475 e. The summed E-state index contributed by atoms with van der Waals surface area (Å²) in [6, 6.07) is 16.7. The third-order valence-electron chi connectivity index (χ3n) is 6.64. The predicted octanol–water partition coefficient (Wildman–Crippen LogP) is 5.81. The average molecular weight is 841 g/mol. The zero-order valence-electron chi connectivity index (χ0n) is 28.5. The molecule has 0 aliphatic carbocycles. The van der Waals surface area contributed by atoms with Crippen molar-refractivity contribution in [3.05, 3.63) is 84.7 Å². The molecule has 1 saturated heterocycles. The zero-order chi connectivity index (χ0) is 43.9. The first-order valence-electron chi connectivity index (χ1n) is 15.0. The number of carboxylic acids is 4. The fourth-order valence-corrected chi connectivity index (χ4v) is 4.06. The van der Waals surface area contributed by atoms with E-state index in [1.807, 2.05) is 36.8 Å². The van der Waals surface area contributed by atoms with Crippen LogP contribution in [0.25, 0.3) is 16.9 Å². The summed E-state index contributed by atoms with van der Waals surface area (Å²) in [6.07, 6.45) is -12.6. The van der Waals surface area contributed by atoms with Crippen molar-refractivity contribution < 1.29 is 92.3 Å². The van der Waals surface area contributed by atoms with E-state index in [0.717, 1.165) is 54.5 Å². The molecule has 1 aliphatic rings. The Morgan fingerprint density at radius 1 is 0.667 bits per heavy atom. The molecule has 0 radical (unpaired) electrons. The first kappa shape index (κ1) is 49.0. The number of hydrogen-bond donors (Lipinski definition) is 4. The number of hydrogen-bond acceptors (Lipinski definition) is 9. The summed E-state index contributed by atoms with van der Waals surface area (Å²) in [6.45, 7) is 3.88. The highest BCUT2D eigenvalue weighted by Crippen LogP contribution is 2.27. The molecule has 0 aromatic carbocycles. The molecule has 57 heavy (non-hydrogen) atoms. The molecule has 5 heterocycles. The summed E-state index contributed by atoms with van der Waals surface area (Å²) in [5.74, 6) is -11.0. The minimum Gasteiger partial charge on any atom is -0.475 e. The number of carboxylic acid groups (broad SMARTS) is 4. The van der Waals surface area contributed by atoms with E-state index in [2.05, 4.69) is 67.7 Å². The number of likely N-dealkylation sites (N-methyl/N-ethyl adjacent to an activating group) is 1. The van der Waals surface area contributed by atoms with E-state index in [0.29, 0.717) is 0 Å². The fourth-order valence-electron chi connectivity index (χ4n) is 4.06. The Labute approximate surface area is 311 Å². The van der Waals surface area contributed by atoms with Crippen molar-refractivity contribution in [2.24, 2.45) is 0 Å². The zero-order valence-corrected chi connectivity index (χ0v) is 28.5. The Bertz CT molecular complexity index is 1810. The van der Waals surface area contributed by atoms with Crippen LogP contribution < -0.4 is 0 Å². The van der Waals surface area contributed by atoms with Gasteiger partial charge in [-0.15, -0.1) is 0 Å². The van der Waals surface area contributed by atoms with Crippen LogP contribution in [0.15, 0.2) is 73.3 Å². The molecule has 14 nitrogen and oxygen atoms in total. The Hall–Kier alpha value is -6.05. The number of rotatable bonds is 4. The summed E-state index contributed by atoms with van der Waals surface area (Å²) < 4.78 is 129. The maximum Gasteiger partial charge on any atom is 0.490 e. The lowest BCUT2D eigenvalue weighted by molar-refractivity contribution is -0.193. The molecule has 1 unspecified atom stereocenters. The van der Waals surface area contributed by atoms with Crippen LogP contribution in [0, 0.1) is 0 Å². The number of piperazine rings is 1. The molecule has 1 fully saturated rings. The summed E-state index contributed by atoms with van der Waals surface area (Å²) >= 11 is 0. The lowest BCUT2D eigenvalue weighted by Gasteiger charge is -2.38. The quantitative estimate of drug-likeness (QED) is 0.180. The molecular formula is C31H28F12N6O8. The average Bonchev–Trinajstić information content (AvgIpc) is 3.54. The van der Waals surface area contributed by atoms with E-state index in [9.17, 15) is 52.7 Å². The second-order valence-electron chi connectivity index (χ2n) is 10.8. The maximum absolute atomic E-state index is 10.6. The number of alkyl halides is 12. The number of halogens is 12. The number of imidazole rings is 1. The van der Waals surface area contributed by atoms with Crippen LogP contribution in [0.5, 0.6) is 0 Å². The fraction of sp³-hybridized carbons (Fsp3) is 0.323. The highest BCUT2D eigenvalue weighted by atomic mass is 19.4. The molecule has 1 aliphatic heterocycles. The number of aromatic nitrogens is 4. The van der Waals surface area contributed by atoms with E-state index in [4.69, 9.17) is 44.6 Å². The van der Waals surface area contributed by atoms with Gasteiger partial charge in [0.05, 0.1) is 23.1 Å². The van der Waals surface area contributed by atoms with Crippen molar-refractivity contribution in [1.82, 2.24) is 29.2 Å². The van der Waals surface area contributed by atoms with Gasteiger partial charge >= 0.3 is 48.6 Å². The number of aliphatic carboxylic acids is 4. The second-order valence-corrected chi connectivity index (χ2v) is 10.8. The van der Waals surface area contributed by atoms with Gasteiger partial charge < -0.3 is 20.4 Å². The van der Waals surface area contributed by atoms with Gasteiger partial charge in [0.25, 0.3) is 0 Å². The lowest BCUT2D eigenvalue weighted by Crippen LogP contribution is -2.46. The van der Waals surface area contributed by atoms with E-state index in [1.54, 1.807) is 0 Å². The van der Waals surface area contributed by atoms with E-state index < -0.39 is 48.6 Å². The molecule has 0 amide bonds. The topological polar surface area (TPSA) is 199 Å². The lowest BCUT2D eigenvalue weighted by atomic mass is 10.1. The number of carbonyl (C=O) groups is 4. The van der Waals surface area contributed by atoms with Gasteiger partial charge in [-0.25, -0.2) is 24.2 Å². The van der Waals surface area contributed by atoms with Crippen LogP contribution in [0.2, 0.25) is 0 Å². The monoisotopic (exact) mass is 840 g/mol. The number of pyridine rings is 3. The van der Waals surface area contributed by atoms with E-state index in [1.165, 1.54) is 0 Å². The largest absolute Gasteiger partial charge is 0.490 e. The standard InChI is InChI=1S/C23H24N6.4C2HF3O2/c1-27-13-14-28(15-19-5-2-3-10-25-19)17-22(27)20-16-29-21(6-4-7-23(29)26-20)18-8-11-24-12-9-18;4*3-2(4,5)1(6)7/h2-12,16,22H,13-15,17H2,1H3;4*(H,6,7). The molecule has 26 heteroatoms.